The number of benzene rings is 1. The Bertz CT molecular complexity index is 959. The standard InChI is InChI=1S/C17H14Cl2N2OS/c1-9-2-7-13-12(8-9)14-15(23-13)20-17(19)21(16(14)22)11-5-3-10(18)4-6-11/h3-6,9H,2,7-8H2,1H3/t9-/m0/s1. The van der Waals surface area contributed by atoms with Crippen molar-refractivity contribution in [3.8, 4) is 5.69 Å². The molecule has 0 spiro atoms. The van der Waals surface area contributed by atoms with Crippen molar-refractivity contribution in [3.63, 3.8) is 0 Å². The van der Waals surface area contributed by atoms with Gasteiger partial charge in [-0.2, -0.15) is 0 Å². The van der Waals surface area contributed by atoms with Crippen molar-refractivity contribution in [2.75, 3.05) is 0 Å². The number of fused-ring (bicyclic) bond motifs is 3. The van der Waals surface area contributed by atoms with E-state index >= 15 is 0 Å². The number of hydrogen-bond donors (Lipinski definition) is 0. The lowest BCUT2D eigenvalue weighted by Gasteiger charge is -2.17. The smallest absolute Gasteiger partial charge is 0.268 e. The minimum absolute atomic E-state index is 0.0890. The van der Waals surface area contributed by atoms with Crippen LogP contribution in [0.25, 0.3) is 15.9 Å². The van der Waals surface area contributed by atoms with Crippen molar-refractivity contribution in [1.82, 2.24) is 9.55 Å². The van der Waals surface area contributed by atoms with Crippen LogP contribution < -0.4 is 5.56 Å². The van der Waals surface area contributed by atoms with Gasteiger partial charge in [0.15, 0.2) is 0 Å². The van der Waals surface area contributed by atoms with Gasteiger partial charge in [0.25, 0.3) is 5.56 Å². The summed E-state index contributed by atoms with van der Waals surface area (Å²) in [6.45, 7) is 2.23. The molecular formula is C17H14Cl2N2OS. The summed E-state index contributed by atoms with van der Waals surface area (Å²) in [5, 5.41) is 1.54. The molecule has 1 aromatic carbocycles. The molecule has 0 amide bonds. The third-order valence-electron chi connectivity index (χ3n) is 4.37. The molecule has 23 heavy (non-hydrogen) atoms. The maximum Gasteiger partial charge on any atom is 0.268 e. The van der Waals surface area contributed by atoms with Crippen molar-refractivity contribution < 1.29 is 0 Å². The van der Waals surface area contributed by atoms with Gasteiger partial charge in [0.2, 0.25) is 5.28 Å². The van der Waals surface area contributed by atoms with Crippen LogP contribution in [0.3, 0.4) is 0 Å². The largest absolute Gasteiger partial charge is 0.268 e. The van der Waals surface area contributed by atoms with Crippen LogP contribution in [0, 0.1) is 5.92 Å². The second-order valence-electron chi connectivity index (χ2n) is 6.03. The summed E-state index contributed by atoms with van der Waals surface area (Å²) in [6.07, 6.45) is 3.13. The third-order valence-corrected chi connectivity index (χ3v) is 6.06. The molecule has 1 atom stereocenters. The Kier molecular flexibility index (Phi) is 3.71. The van der Waals surface area contributed by atoms with Gasteiger partial charge >= 0.3 is 0 Å². The van der Waals surface area contributed by atoms with Crippen molar-refractivity contribution in [3.05, 3.63) is 55.4 Å². The molecule has 3 aromatic rings. The number of hydrogen-bond acceptors (Lipinski definition) is 3. The van der Waals surface area contributed by atoms with E-state index in [1.54, 1.807) is 35.6 Å². The van der Waals surface area contributed by atoms with Gasteiger partial charge in [0, 0.05) is 9.90 Å². The van der Waals surface area contributed by atoms with Crippen LogP contribution in [0.15, 0.2) is 29.1 Å². The van der Waals surface area contributed by atoms with E-state index in [0.717, 1.165) is 23.1 Å². The molecule has 0 unspecified atom stereocenters. The van der Waals surface area contributed by atoms with Crippen molar-refractivity contribution >= 4 is 44.8 Å². The highest BCUT2D eigenvalue weighted by Gasteiger charge is 2.24. The Morgan fingerprint density at radius 2 is 2.00 bits per heavy atom. The number of nitrogens with zero attached hydrogens (tertiary/aromatic N) is 2. The Morgan fingerprint density at radius 3 is 2.74 bits per heavy atom. The fourth-order valence-electron chi connectivity index (χ4n) is 3.19. The SMILES string of the molecule is C[C@H]1CCc2sc3nc(Cl)n(-c4ccc(Cl)cc4)c(=O)c3c2C1. The van der Waals surface area contributed by atoms with Crippen molar-refractivity contribution in [1.29, 1.82) is 0 Å². The summed E-state index contributed by atoms with van der Waals surface area (Å²) in [6, 6.07) is 7.05. The number of halogens is 2. The highest BCUT2D eigenvalue weighted by atomic mass is 35.5. The van der Waals surface area contributed by atoms with Gasteiger partial charge in [0.1, 0.15) is 4.83 Å². The molecule has 0 fully saturated rings. The molecular weight excluding hydrogens is 351 g/mol. The van der Waals surface area contributed by atoms with Crippen LogP contribution in [0.2, 0.25) is 10.3 Å². The van der Waals surface area contributed by atoms with Gasteiger partial charge in [-0.15, -0.1) is 11.3 Å². The van der Waals surface area contributed by atoms with Crippen LogP contribution in [-0.4, -0.2) is 9.55 Å². The summed E-state index contributed by atoms with van der Waals surface area (Å²) in [5.74, 6) is 0.597. The first-order chi connectivity index (χ1) is 11.0. The van der Waals surface area contributed by atoms with Gasteiger partial charge < -0.3 is 0 Å². The predicted octanol–water partition coefficient (Wildman–Crippen LogP) is 4.88. The molecule has 0 N–H and O–H groups in total. The van der Waals surface area contributed by atoms with Crippen LogP contribution in [0.4, 0.5) is 0 Å². The van der Waals surface area contributed by atoms with Crippen LogP contribution in [-0.2, 0) is 12.8 Å². The van der Waals surface area contributed by atoms with Crippen molar-refractivity contribution in [2.24, 2.45) is 5.92 Å². The normalized spacial score (nSPS) is 17.4. The lowest BCUT2D eigenvalue weighted by molar-refractivity contribution is 0.508. The maximum absolute atomic E-state index is 13.1. The summed E-state index contributed by atoms with van der Waals surface area (Å²) < 4.78 is 1.46. The molecule has 0 aliphatic heterocycles. The summed E-state index contributed by atoms with van der Waals surface area (Å²) >= 11 is 13.8. The van der Waals surface area contributed by atoms with Gasteiger partial charge in [-0.05, 0) is 66.6 Å². The first-order valence-electron chi connectivity index (χ1n) is 7.53. The van der Waals surface area contributed by atoms with Crippen LogP contribution in [0.5, 0.6) is 0 Å². The Hall–Kier alpha value is -1.36. The second kappa shape index (κ2) is 5.62. The van der Waals surface area contributed by atoms with Gasteiger partial charge in [-0.1, -0.05) is 18.5 Å². The summed E-state index contributed by atoms with van der Waals surface area (Å²) in [4.78, 5) is 19.6. The van der Waals surface area contributed by atoms with E-state index in [-0.39, 0.29) is 10.8 Å². The molecule has 1 aliphatic carbocycles. The Labute approximate surface area is 147 Å². The zero-order valence-electron chi connectivity index (χ0n) is 12.5. The third kappa shape index (κ3) is 2.49. The molecule has 6 heteroatoms. The fraction of sp³-hybridized carbons (Fsp3) is 0.294. The van der Waals surface area contributed by atoms with Crippen molar-refractivity contribution in [2.45, 2.75) is 26.2 Å². The molecule has 3 nitrogen and oxygen atoms in total. The van der Waals surface area contributed by atoms with E-state index in [1.165, 1.54) is 21.4 Å². The average Bonchev–Trinajstić information content (AvgIpc) is 2.86. The summed E-state index contributed by atoms with van der Waals surface area (Å²) in [5.41, 5.74) is 1.76. The number of aromatic nitrogens is 2. The van der Waals surface area contributed by atoms with E-state index < -0.39 is 0 Å². The van der Waals surface area contributed by atoms with Crippen LogP contribution >= 0.6 is 34.5 Å². The highest BCUT2D eigenvalue weighted by Crippen LogP contribution is 2.36. The first kappa shape index (κ1) is 15.2. The van der Waals surface area contributed by atoms with E-state index in [0.29, 0.717) is 16.6 Å². The maximum atomic E-state index is 13.1. The average molecular weight is 365 g/mol. The van der Waals surface area contributed by atoms with Crippen LogP contribution in [0.1, 0.15) is 23.8 Å². The number of rotatable bonds is 1. The van der Waals surface area contributed by atoms with Gasteiger partial charge in [-0.3, -0.25) is 9.36 Å². The molecule has 2 heterocycles. The van der Waals surface area contributed by atoms with Gasteiger partial charge in [-0.25, -0.2) is 4.98 Å². The van der Waals surface area contributed by atoms with E-state index in [1.807, 2.05) is 0 Å². The van der Waals surface area contributed by atoms with E-state index in [2.05, 4.69) is 11.9 Å². The minimum atomic E-state index is -0.0890. The lowest BCUT2D eigenvalue weighted by atomic mass is 9.89. The molecule has 4 rings (SSSR count). The predicted molar refractivity (Wildman–Crippen MR) is 96.4 cm³/mol. The molecule has 2 aromatic heterocycles. The minimum Gasteiger partial charge on any atom is -0.268 e. The highest BCUT2D eigenvalue weighted by molar-refractivity contribution is 7.18. The van der Waals surface area contributed by atoms with E-state index in [9.17, 15) is 4.79 Å². The molecule has 118 valence electrons. The zero-order chi connectivity index (χ0) is 16.1. The first-order valence-corrected chi connectivity index (χ1v) is 9.10. The quantitative estimate of drug-likeness (QED) is 0.576. The summed E-state index contributed by atoms with van der Waals surface area (Å²) in [7, 11) is 0. The molecule has 0 bridgehead atoms. The Morgan fingerprint density at radius 1 is 1.26 bits per heavy atom. The fourth-order valence-corrected chi connectivity index (χ4v) is 4.83. The Balaban J connectivity index is 2.01. The monoisotopic (exact) mass is 364 g/mol. The molecule has 0 saturated heterocycles. The molecule has 0 radical (unpaired) electrons. The molecule has 0 saturated carbocycles. The molecule has 1 aliphatic rings. The van der Waals surface area contributed by atoms with Gasteiger partial charge in [0.05, 0.1) is 11.1 Å². The lowest BCUT2D eigenvalue weighted by Crippen LogP contribution is -2.21. The number of aryl methyl sites for hydroxylation is 1. The number of thiophene rings is 1. The topological polar surface area (TPSA) is 34.9 Å². The van der Waals surface area contributed by atoms with E-state index in [4.69, 9.17) is 23.2 Å². The second-order valence-corrected chi connectivity index (χ2v) is 7.89. The zero-order valence-corrected chi connectivity index (χ0v) is 14.8.